The average molecular weight is 392 g/mol. The van der Waals surface area contributed by atoms with Crippen molar-refractivity contribution in [2.24, 2.45) is 16.8 Å². The Hall–Kier alpha value is -2.68. The summed E-state index contributed by atoms with van der Waals surface area (Å²) in [5.74, 6) is -3.66. The fraction of sp³-hybridized carbons (Fsp3) is 0.444. The van der Waals surface area contributed by atoms with Gasteiger partial charge in [-0.15, -0.1) is 0 Å². The van der Waals surface area contributed by atoms with E-state index >= 15 is 0 Å². The third kappa shape index (κ3) is 4.19. The molecular formula is C18H20N2O6S. The van der Waals surface area contributed by atoms with E-state index in [1.807, 2.05) is 0 Å². The summed E-state index contributed by atoms with van der Waals surface area (Å²) in [7, 11) is 1.24. The molecule has 1 aliphatic rings. The molecule has 0 N–H and O–H groups in total. The van der Waals surface area contributed by atoms with E-state index in [1.165, 1.54) is 30.7 Å². The third-order valence-electron chi connectivity index (χ3n) is 4.54. The molecule has 4 atom stereocenters. The lowest BCUT2D eigenvalue weighted by Crippen LogP contribution is -2.46. The van der Waals surface area contributed by atoms with Crippen molar-refractivity contribution in [3.8, 4) is 0 Å². The molecule has 0 aromatic heterocycles. The van der Waals surface area contributed by atoms with Gasteiger partial charge in [-0.2, -0.15) is 0 Å². The van der Waals surface area contributed by atoms with Gasteiger partial charge < -0.3 is 9.47 Å². The van der Waals surface area contributed by atoms with Crippen LogP contribution >= 0.6 is 12.2 Å². The fourth-order valence-corrected chi connectivity index (χ4v) is 3.63. The van der Waals surface area contributed by atoms with Gasteiger partial charge in [-0.3, -0.25) is 24.7 Å². The van der Waals surface area contributed by atoms with Crippen molar-refractivity contribution in [1.82, 2.24) is 0 Å². The summed E-state index contributed by atoms with van der Waals surface area (Å²) >= 11 is 5.04. The first-order valence-electron chi connectivity index (χ1n) is 8.34. The predicted octanol–water partition coefficient (Wildman–Crippen LogP) is 2.49. The number of aliphatic imine (C=N–C) groups is 1. The van der Waals surface area contributed by atoms with Gasteiger partial charge in [-0.1, -0.05) is 24.4 Å². The molecule has 4 unspecified atom stereocenters. The van der Waals surface area contributed by atoms with Crippen LogP contribution < -0.4 is 0 Å². The van der Waals surface area contributed by atoms with Gasteiger partial charge in [0.2, 0.25) is 0 Å². The lowest BCUT2D eigenvalue weighted by atomic mass is 9.70. The lowest BCUT2D eigenvalue weighted by Gasteiger charge is -2.37. The van der Waals surface area contributed by atoms with Crippen LogP contribution in [0, 0.1) is 22.0 Å². The van der Waals surface area contributed by atoms with Crippen LogP contribution in [0.1, 0.15) is 25.3 Å². The Morgan fingerprint density at radius 2 is 2.07 bits per heavy atom. The van der Waals surface area contributed by atoms with E-state index in [0.717, 1.165) is 0 Å². The molecular weight excluding hydrogens is 372 g/mol. The van der Waals surface area contributed by atoms with Crippen LogP contribution in [0.3, 0.4) is 0 Å². The molecule has 0 spiro atoms. The van der Waals surface area contributed by atoms with E-state index in [9.17, 15) is 19.7 Å². The molecule has 0 saturated carbocycles. The molecule has 9 heteroatoms. The second-order valence-corrected chi connectivity index (χ2v) is 6.33. The van der Waals surface area contributed by atoms with Gasteiger partial charge in [-0.25, -0.2) is 0 Å². The quantitative estimate of drug-likeness (QED) is 0.317. The van der Waals surface area contributed by atoms with Crippen molar-refractivity contribution < 1.29 is 24.0 Å². The highest BCUT2D eigenvalue weighted by Gasteiger charge is 2.48. The number of esters is 2. The van der Waals surface area contributed by atoms with Crippen molar-refractivity contribution in [2.45, 2.75) is 25.8 Å². The van der Waals surface area contributed by atoms with Crippen LogP contribution in [0.15, 0.2) is 29.3 Å². The van der Waals surface area contributed by atoms with Gasteiger partial charge in [0.05, 0.1) is 30.6 Å². The first kappa shape index (κ1) is 20.6. The minimum Gasteiger partial charge on any atom is -0.468 e. The number of hydrogen-bond acceptors (Lipinski definition) is 8. The molecule has 27 heavy (non-hydrogen) atoms. The highest BCUT2D eigenvalue weighted by molar-refractivity contribution is 7.79. The topological polar surface area (TPSA) is 108 Å². The predicted molar refractivity (Wildman–Crippen MR) is 102 cm³/mol. The smallest absolute Gasteiger partial charge is 0.315 e. The van der Waals surface area contributed by atoms with Crippen molar-refractivity contribution in [2.75, 3.05) is 13.7 Å². The molecule has 1 aromatic rings. The van der Waals surface area contributed by atoms with Gasteiger partial charge in [0, 0.05) is 29.1 Å². The van der Waals surface area contributed by atoms with Gasteiger partial charge in [0.25, 0.3) is 5.69 Å². The average Bonchev–Trinajstić information content (AvgIpc) is 2.66. The molecule has 2 rings (SSSR count). The maximum absolute atomic E-state index is 12.7. The fourth-order valence-electron chi connectivity index (χ4n) is 3.40. The van der Waals surface area contributed by atoms with Gasteiger partial charge in [-0.05, 0) is 19.4 Å². The Kier molecular flexibility index (Phi) is 6.73. The zero-order chi connectivity index (χ0) is 20.1. The molecule has 1 aromatic carbocycles. The molecule has 8 nitrogen and oxygen atoms in total. The van der Waals surface area contributed by atoms with Crippen LogP contribution in [0.2, 0.25) is 0 Å². The number of carbonyl (C=O) groups excluding carboxylic acids is 2. The minimum atomic E-state index is -0.891. The lowest BCUT2D eigenvalue weighted by molar-refractivity contribution is -0.384. The van der Waals surface area contributed by atoms with E-state index in [2.05, 4.69) is 4.99 Å². The number of non-ortho nitro benzene ring substituents is 1. The van der Waals surface area contributed by atoms with Crippen molar-refractivity contribution >= 4 is 40.9 Å². The number of methoxy groups -OCH3 is 1. The largest absolute Gasteiger partial charge is 0.468 e. The molecule has 0 aliphatic carbocycles. The van der Waals surface area contributed by atoms with Crippen LogP contribution in [-0.4, -0.2) is 47.7 Å². The summed E-state index contributed by atoms with van der Waals surface area (Å²) in [6, 6.07) is 5.16. The van der Waals surface area contributed by atoms with Gasteiger partial charge >= 0.3 is 11.9 Å². The monoisotopic (exact) mass is 392 g/mol. The molecule has 1 aliphatic heterocycles. The summed E-state index contributed by atoms with van der Waals surface area (Å²) in [6.07, 6.45) is 0. The van der Waals surface area contributed by atoms with Crippen LogP contribution in [0.4, 0.5) is 5.69 Å². The summed E-state index contributed by atoms with van der Waals surface area (Å²) in [6.45, 7) is 3.47. The molecule has 0 saturated heterocycles. The maximum atomic E-state index is 12.7. The number of ether oxygens (including phenoxy) is 2. The number of benzene rings is 1. The van der Waals surface area contributed by atoms with E-state index in [0.29, 0.717) is 11.3 Å². The zero-order valence-electron chi connectivity index (χ0n) is 15.2. The highest BCUT2D eigenvalue weighted by Crippen LogP contribution is 2.41. The first-order chi connectivity index (χ1) is 12.8. The summed E-state index contributed by atoms with van der Waals surface area (Å²) in [5.41, 5.74) is 0.761. The molecule has 0 bridgehead atoms. The Labute approximate surface area is 161 Å². The van der Waals surface area contributed by atoms with Crippen LogP contribution in [0.5, 0.6) is 0 Å². The molecule has 1 heterocycles. The van der Waals surface area contributed by atoms with Crippen LogP contribution in [0.25, 0.3) is 0 Å². The number of rotatable bonds is 6. The van der Waals surface area contributed by atoms with E-state index < -0.39 is 40.7 Å². The van der Waals surface area contributed by atoms with Gasteiger partial charge in [0.15, 0.2) is 0 Å². The number of thiocarbonyl (C=S) groups is 1. The molecule has 0 radical (unpaired) electrons. The summed E-state index contributed by atoms with van der Waals surface area (Å²) < 4.78 is 10.1. The molecule has 0 fully saturated rings. The van der Waals surface area contributed by atoms with E-state index in [4.69, 9.17) is 21.7 Å². The van der Waals surface area contributed by atoms with E-state index in [1.54, 1.807) is 19.9 Å². The number of nitro groups is 1. The zero-order valence-corrected chi connectivity index (χ0v) is 16.0. The standard InChI is InChI=1S/C18H20N2O6S/c1-4-26-18(22)16-13(9-27)19-10(2)14(17(21)25-3)15(16)11-6-5-7-12(8-11)20(23)24/h5-9,13-16H,4H2,1-3H3. The summed E-state index contributed by atoms with van der Waals surface area (Å²) in [5, 5.41) is 12.5. The maximum Gasteiger partial charge on any atom is 0.315 e. The van der Waals surface area contributed by atoms with Gasteiger partial charge in [0.1, 0.15) is 5.92 Å². The highest BCUT2D eigenvalue weighted by atomic mass is 32.1. The molecule has 0 amide bonds. The second-order valence-electron chi connectivity index (χ2n) is 6.05. The molecule has 144 valence electrons. The Morgan fingerprint density at radius 3 is 2.63 bits per heavy atom. The Bertz CT molecular complexity index is 794. The summed E-state index contributed by atoms with van der Waals surface area (Å²) in [4.78, 5) is 40.2. The second kappa shape index (κ2) is 8.81. The normalized spacial score (nSPS) is 24.5. The number of hydrogen-bond donors (Lipinski definition) is 0. The number of nitrogens with zero attached hydrogens (tertiary/aromatic N) is 2. The Balaban J connectivity index is 2.68. The third-order valence-corrected chi connectivity index (χ3v) is 4.81. The SMILES string of the molecule is CCOC(=O)C1C(C=S)N=C(C)C(C(=O)OC)C1c1cccc([N+](=O)[O-])c1. The first-order valence-corrected chi connectivity index (χ1v) is 8.81. The number of carbonyl (C=O) groups is 2. The van der Waals surface area contributed by atoms with Crippen molar-refractivity contribution in [1.29, 1.82) is 0 Å². The Morgan fingerprint density at radius 1 is 1.37 bits per heavy atom. The van der Waals surface area contributed by atoms with E-state index in [-0.39, 0.29) is 12.3 Å². The van der Waals surface area contributed by atoms with Crippen LogP contribution in [-0.2, 0) is 19.1 Å². The minimum absolute atomic E-state index is 0.141. The van der Waals surface area contributed by atoms with Crippen molar-refractivity contribution in [3.05, 3.63) is 39.9 Å². The van der Waals surface area contributed by atoms with Crippen molar-refractivity contribution in [3.63, 3.8) is 0 Å². The number of nitro benzene ring substituents is 1.